The van der Waals surface area contributed by atoms with Crippen LogP contribution in [0.25, 0.3) is 0 Å². The predicted molar refractivity (Wildman–Crippen MR) is 151 cm³/mol. The predicted octanol–water partition coefficient (Wildman–Crippen LogP) is 6.57. The normalized spacial score (nSPS) is 14.5. The van der Waals surface area contributed by atoms with Crippen LogP contribution in [0.4, 0.5) is 0 Å². The minimum Gasteiger partial charge on any atom is -0.484 e. The van der Waals surface area contributed by atoms with Crippen molar-refractivity contribution in [3.63, 3.8) is 0 Å². The Morgan fingerprint density at radius 1 is 0.946 bits per heavy atom. The zero-order valence-electron chi connectivity index (χ0n) is 20.7. The number of nitrogens with zero attached hydrogens (tertiary/aromatic N) is 1. The number of hydrogen-bond acceptors (Lipinski definition) is 3. The van der Waals surface area contributed by atoms with E-state index in [2.05, 4.69) is 21.2 Å². The van der Waals surface area contributed by atoms with Gasteiger partial charge in [0.1, 0.15) is 11.8 Å². The van der Waals surface area contributed by atoms with Crippen LogP contribution in [-0.4, -0.2) is 35.4 Å². The number of amides is 2. The highest BCUT2D eigenvalue weighted by molar-refractivity contribution is 9.10. The molecule has 1 aliphatic carbocycles. The number of halogens is 2. The first-order valence-electron chi connectivity index (χ1n) is 12.7. The average Bonchev–Trinajstić information content (AvgIpc) is 2.91. The summed E-state index contributed by atoms with van der Waals surface area (Å²) in [5.74, 6) is 0.197. The summed E-state index contributed by atoms with van der Waals surface area (Å²) >= 11 is 9.66. The van der Waals surface area contributed by atoms with E-state index in [9.17, 15) is 9.59 Å². The van der Waals surface area contributed by atoms with E-state index in [-0.39, 0.29) is 31.0 Å². The Kier molecular flexibility index (Phi) is 10.0. The highest BCUT2D eigenvalue weighted by atomic mass is 79.9. The van der Waals surface area contributed by atoms with Crippen molar-refractivity contribution in [1.82, 2.24) is 10.2 Å². The molecule has 37 heavy (non-hydrogen) atoms. The molecule has 1 atom stereocenters. The maximum Gasteiger partial charge on any atom is 0.261 e. The Hall–Kier alpha value is -2.83. The van der Waals surface area contributed by atoms with Crippen molar-refractivity contribution in [1.29, 1.82) is 0 Å². The number of carbonyl (C=O) groups excluding carboxylic acids is 2. The Morgan fingerprint density at radius 2 is 1.65 bits per heavy atom. The number of hydrogen-bond donors (Lipinski definition) is 1. The molecule has 0 aliphatic heterocycles. The molecule has 4 rings (SSSR count). The van der Waals surface area contributed by atoms with E-state index in [0.29, 0.717) is 17.2 Å². The van der Waals surface area contributed by atoms with Gasteiger partial charge in [0.2, 0.25) is 5.91 Å². The number of nitrogens with one attached hydrogen (secondary N) is 1. The summed E-state index contributed by atoms with van der Waals surface area (Å²) in [4.78, 5) is 29.1. The third-order valence-electron chi connectivity index (χ3n) is 6.64. The molecule has 0 spiro atoms. The molecule has 0 heterocycles. The summed E-state index contributed by atoms with van der Waals surface area (Å²) in [7, 11) is 0. The first-order valence-corrected chi connectivity index (χ1v) is 13.9. The number of carbonyl (C=O) groups is 2. The summed E-state index contributed by atoms with van der Waals surface area (Å²) in [6.07, 6.45) is 5.77. The van der Waals surface area contributed by atoms with Crippen LogP contribution in [0.5, 0.6) is 5.75 Å². The third kappa shape index (κ3) is 8.34. The molecule has 0 radical (unpaired) electrons. The molecule has 3 aromatic carbocycles. The second-order valence-corrected chi connectivity index (χ2v) is 10.8. The summed E-state index contributed by atoms with van der Waals surface area (Å²) in [6, 6.07) is 24.0. The first kappa shape index (κ1) is 27.2. The molecule has 1 N–H and O–H groups in total. The van der Waals surface area contributed by atoms with Crippen LogP contribution in [0.2, 0.25) is 5.02 Å². The van der Waals surface area contributed by atoms with Gasteiger partial charge in [-0.3, -0.25) is 9.59 Å². The number of rotatable bonds is 10. The highest BCUT2D eigenvalue weighted by Crippen LogP contribution is 2.21. The number of ether oxygens (including phenoxy) is 1. The lowest BCUT2D eigenvalue weighted by molar-refractivity contribution is -0.143. The molecule has 5 nitrogen and oxygen atoms in total. The molecule has 194 valence electrons. The Bertz CT molecular complexity index is 1170. The third-order valence-corrected chi connectivity index (χ3v) is 7.40. The van der Waals surface area contributed by atoms with Crippen LogP contribution in [0.3, 0.4) is 0 Å². The standard InChI is InChI=1S/C30H32BrClN2O3/c31-24-14-16-27(17-15-24)37-21-29(35)34(20-23-10-7-11-25(32)18-23)28(19-22-8-3-1-4-9-22)30(36)33-26-12-5-2-6-13-26/h1,3-4,7-11,14-18,26,28H,2,5-6,12-13,19-21H2,(H,33,36). The molecular formula is C30H32BrClN2O3. The van der Waals surface area contributed by atoms with Crippen molar-refractivity contribution < 1.29 is 14.3 Å². The van der Waals surface area contributed by atoms with Crippen molar-refractivity contribution >= 4 is 39.3 Å². The quantitative estimate of drug-likeness (QED) is 0.294. The second kappa shape index (κ2) is 13.6. The fourth-order valence-corrected chi connectivity index (χ4v) is 5.17. The van der Waals surface area contributed by atoms with Gasteiger partial charge in [-0.25, -0.2) is 0 Å². The van der Waals surface area contributed by atoms with Gasteiger partial charge in [-0.1, -0.05) is 89.3 Å². The zero-order chi connectivity index (χ0) is 26.0. The lowest BCUT2D eigenvalue weighted by Crippen LogP contribution is -2.53. The van der Waals surface area contributed by atoms with E-state index in [1.807, 2.05) is 60.7 Å². The maximum atomic E-state index is 13.8. The van der Waals surface area contributed by atoms with Crippen molar-refractivity contribution in [3.05, 3.63) is 99.5 Å². The van der Waals surface area contributed by atoms with Gasteiger partial charge in [-0.2, -0.15) is 0 Å². The van der Waals surface area contributed by atoms with Crippen molar-refractivity contribution in [2.24, 2.45) is 0 Å². The fourth-order valence-electron chi connectivity index (χ4n) is 4.69. The molecular weight excluding hydrogens is 552 g/mol. The molecule has 0 saturated heterocycles. The number of benzene rings is 3. The summed E-state index contributed by atoms with van der Waals surface area (Å²) in [5.41, 5.74) is 1.84. The highest BCUT2D eigenvalue weighted by Gasteiger charge is 2.32. The van der Waals surface area contributed by atoms with Gasteiger partial charge in [-0.15, -0.1) is 0 Å². The van der Waals surface area contributed by atoms with Crippen molar-refractivity contribution in [2.75, 3.05) is 6.61 Å². The van der Waals surface area contributed by atoms with Crippen LogP contribution in [0.1, 0.15) is 43.2 Å². The lowest BCUT2D eigenvalue weighted by atomic mass is 9.94. The van der Waals surface area contributed by atoms with E-state index in [1.165, 1.54) is 6.42 Å². The molecule has 7 heteroatoms. The lowest BCUT2D eigenvalue weighted by Gasteiger charge is -2.33. The largest absolute Gasteiger partial charge is 0.484 e. The van der Waals surface area contributed by atoms with Crippen molar-refractivity contribution in [3.8, 4) is 5.75 Å². The molecule has 0 bridgehead atoms. The Labute approximate surface area is 232 Å². The van der Waals surface area contributed by atoms with Gasteiger partial charge < -0.3 is 15.0 Å². The minimum absolute atomic E-state index is 0.130. The topological polar surface area (TPSA) is 58.6 Å². The molecule has 1 unspecified atom stereocenters. The molecule has 1 saturated carbocycles. The van der Waals surface area contributed by atoms with Crippen LogP contribution < -0.4 is 10.1 Å². The first-order chi connectivity index (χ1) is 18.0. The van der Waals surface area contributed by atoms with E-state index in [0.717, 1.165) is 41.3 Å². The van der Waals surface area contributed by atoms with Gasteiger partial charge >= 0.3 is 0 Å². The van der Waals surface area contributed by atoms with E-state index < -0.39 is 6.04 Å². The van der Waals surface area contributed by atoms with Crippen LogP contribution in [-0.2, 0) is 22.6 Å². The summed E-state index contributed by atoms with van der Waals surface area (Å²) in [5, 5.41) is 3.83. The second-order valence-electron chi connectivity index (χ2n) is 9.44. The zero-order valence-corrected chi connectivity index (χ0v) is 23.1. The molecule has 2 amide bonds. The van der Waals surface area contributed by atoms with Crippen LogP contribution >= 0.6 is 27.5 Å². The summed E-state index contributed by atoms with van der Waals surface area (Å²) in [6.45, 7) is 0.0723. The minimum atomic E-state index is -0.690. The monoisotopic (exact) mass is 582 g/mol. The SMILES string of the molecule is O=C(NC1CCCCC1)C(Cc1ccccc1)N(Cc1cccc(Cl)c1)C(=O)COc1ccc(Br)cc1. The van der Waals surface area contributed by atoms with E-state index in [1.54, 1.807) is 23.1 Å². The van der Waals surface area contributed by atoms with Gasteiger partial charge in [-0.05, 0) is 60.4 Å². The van der Waals surface area contributed by atoms with Crippen LogP contribution in [0, 0.1) is 0 Å². The maximum absolute atomic E-state index is 13.8. The summed E-state index contributed by atoms with van der Waals surface area (Å²) < 4.78 is 6.75. The van der Waals surface area contributed by atoms with Gasteiger partial charge in [0, 0.05) is 28.5 Å². The van der Waals surface area contributed by atoms with Crippen molar-refractivity contribution in [2.45, 2.75) is 57.2 Å². The molecule has 3 aromatic rings. The van der Waals surface area contributed by atoms with Crippen LogP contribution in [0.15, 0.2) is 83.3 Å². The Balaban J connectivity index is 1.60. The van der Waals surface area contributed by atoms with Gasteiger partial charge in [0.05, 0.1) is 0 Å². The fraction of sp³-hybridized carbons (Fsp3) is 0.333. The smallest absolute Gasteiger partial charge is 0.261 e. The molecule has 1 aliphatic rings. The average molecular weight is 584 g/mol. The van der Waals surface area contributed by atoms with E-state index in [4.69, 9.17) is 16.3 Å². The molecule has 0 aromatic heterocycles. The molecule has 1 fully saturated rings. The van der Waals surface area contributed by atoms with Gasteiger partial charge in [0.15, 0.2) is 6.61 Å². The van der Waals surface area contributed by atoms with E-state index >= 15 is 0 Å². The van der Waals surface area contributed by atoms with Gasteiger partial charge in [0.25, 0.3) is 5.91 Å². The Morgan fingerprint density at radius 3 is 2.35 bits per heavy atom.